The minimum Gasteiger partial charge on any atom is -0.454 e. The number of unbranched alkanes of at least 4 members (excludes halogenated alkanes) is 33. The minimum absolute atomic E-state index is 0.0901. The number of hydrogen-bond donors (Lipinski definition) is 6. The van der Waals surface area contributed by atoms with Crippen LogP contribution in [0.4, 0.5) is 0 Å². The molecule has 0 aliphatic carbocycles. The first-order chi connectivity index (χ1) is 42.7. The highest BCUT2D eigenvalue weighted by atomic mass is 16.7. The first-order valence-electron chi connectivity index (χ1n) is 36.0. The van der Waals surface area contributed by atoms with Crippen molar-refractivity contribution in [3.63, 3.8) is 0 Å². The summed E-state index contributed by atoms with van der Waals surface area (Å²) in [5.41, 5.74) is 0. The molecule has 1 rings (SSSR count). The standard InChI is InChI=1S/C76H133NO10/c1-4-7-10-13-16-19-22-24-26-28-30-32-34-36-37-39-41-43-45-48-51-54-57-60-63-69(80)75(84)77-67(68(79)62-59-56-53-50-47-21-18-15-12-9-6-3)66-85-76-74(73(83)72(82)70(65-78)86-76)87-71(81)64-61-58-55-52-49-46-44-42-40-38-35-33-31-29-27-25-23-20-17-14-11-8-5-2/h8,11,17,20,24-27,31,33,38,40,44,46,59,62,67-70,72-74,76,78-80,82-83H,4-7,9-10,12-16,18-19,21-23,28-30,32,34-37,39,41-43,45,47-58,60-61,63-66H2,1-3H3,(H,77,84)/b11-8-,20-17-,26-24+,27-25-,33-31-,40-38-,46-44-,62-59+. The van der Waals surface area contributed by atoms with E-state index in [4.69, 9.17) is 14.2 Å². The van der Waals surface area contributed by atoms with Gasteiger partial charge in [0.2, 0.25) is 5.91 Å². The van der Waals surface area contributed by atoms with Crippen LogP contribution in [0.25, 0.3) is 0 Å². The molecule has 502 valence electrons. The Labute approximate surface area is 533 Å². The van der Waals surface area contributed by atoms with Gasteiger partial charge < -0.3 is 45.1 Å². The van der Waals surface area contributed by atoms with Crippen LogP contribution in [0, 0.1) is 0 Å². The number of hydrogen-bond acceptors (Lipinski definition) is 10. The molecular weight excluding hydrogens is 1090 g/mol. The smallest absolute Gasteiger partial charge is 0.306 e. The Bertz CT molecular complexity index is 1790. The molecule has 0 aromatic rings. The van der Waals surface area contributed by atoms with E-state index < -0.39 is 67.4 Å². The number of ether oxygens (including phenoxy) is 3. The lowest BCUT2D eigenvalue weighted by molar-refractivity contribution is -0.305. The van der Waals surface area contributed by atoms with Crippen molar-refractivity contribution in [3.05, 3.63) is 97.2 Å². The van der Waals surface area contributed by atoms with Crippen molar-refractivity contribution in [3.8, 4) is 0 Å². The number of amides is 1. The maximum absolute atomic E-state index is 13.5. The lowest BCUT2D eigenvalue weighted by atomic mass is 9.99. The summed E-state index contributed by atoms with van der Waals surface area (Å²) in [6.45, 7) is 5.68. The lowest BCUT2D eigenvalue weighted by Gasteiger charge is -2.41. The Balaban J connectivity index is 2.57. The highest BCUT2D eigenvalue weighted by Crippen LogP contribution is 2.26. The van der Waals surface area contributed by atoms with Gasteiger partial charge in [-0.25, -0.2) is 0 Å². The second-order valence-electron chi connectivity index (χ2n) is 24.6. The average Bonchev–Trinajstić information content (AvgIpc) is 2.93. The lowest BCUT2D eigenvalue weighted by Crippen LogP contribution is -2.61. The van der Waals surface area contributed by atoms with Crippen molar-refractivity contribution in [2.45, 2.75) is 359 Å². The van der Waals surface area contributed by atoms with E-state index in [1.54, 1.807) is 6.08 Å². The number of esters is 1. The van der Waals surface area contributed by atoms with Crippen molar-refractivity contribution in [2.75, 3.05) is 13.2 Å². The predicted molar refractivity (Wildman–Crippen MR) is 365 cm³/mol. The highest BCUT2D eigenvalue weighted by molar-refractivity contribution is 5.80. The summed E-state index contributed by atoms with van der Waals surface area (Å²) in [4.78, 5) is 26.7. The van der Waals surface area contributed by atoms with Gasteiger partial charge in [0.05, 0.1) is 25.4 Å². The van der Waals surface area contributed by atoms with Gasteiger partial charge in [-0.1, -0.05) is 298 Å². The van der Waals surface area contributed by atoms with Crippen molar-refractivity contribution in [1.29, 1.82) is 0 Å². The molecule has 0 spiro atoms. The van der Waals surface area contributed by atoms with Crippen LogP contribution >= 0.6 is 0 Å². The Morgan fingerprint density at radius 1 is 0.460 bits per heavy atom. The van der Waals surface area contributed by atoms with Gasteiger partial charge in [-0.2, -0.15) is 0 Å². The van der Waals surface area contributed by atoms with Gasteiger partial charge in [-0.3, -0.25) is 9.59 Å². The third-order valence-corrected chi connectivity index (χ3v) is 16.5. The van der Waals surface area contributed by atoms with Crippen molar-refractivity contribution in [1.82, 2.24) is 5.32 Å². The topological polar surface area (TPSA) is 175 Å². The van der Waals surface area contributed by atoms with Crippen LogP contribution in [0.2, 0.25) is 0 Å². The first kappa shape index (κ1) is 81.6. The summed E-state index contributed by atoms with van der Waals surface area (Å²) < 4.78 is 17.7. The number of carbonyl (C=O) groups excluding carboxylic acids is 2. The summed E-state index contributed by atoms with van der Waals surface area (Å²) in [5, 5.41) is 57.2. The van der Waals surface area contributed by atoms with Crippen molar-refractivity contribution < 1.29 is 49.3 Å². The van der Waals surface area contributed by atoms with Crippen LogP contribution in [0.15, 0.2) is 97.2 Å². The van der Waals surface area contributed by atoms with Crippen LogP contribution < -0.4 is 5.32 Å². The summed E-state index contributed by atoms with van der Waals surface area (Å²) in [7, 11) is 0. The van der Waals surface area contributed by atoms with Gasteiger partial charge in [0.25, 0.3) is 0 Å². The van der Waals surface area contributed by atoms with Gasteiger partial charge in [0.1, 0.15) is 24.4 Å². The summed E-state index contributed by atoms with van der Waals surface area (Å²) >= 11 is 0. The van der Waals surface area contributed by atoms with E-state index in [1.165, 1.54) is 161 Å². The molecule has 1 heterocycles. The SMILES string of the molecule is CC/C=C\C/C=C\C/C=C\C/C=C\C/C=C\C/C=C\CCCCCCC(=O)OC1C(OCC(NC(=O)C(O)CCCCCCCCCCCCCCCC/C=C/CCCCCCCC)C(O)/C=C/CCCCCCCCCCC)OC(CO)C(O)C1O. The van der Waals surface area contributed by atoms with E-state index >= 15 is 0 Å². The van der Waals surface area contributed by atoms with Crippen LogP contribution in [0.5, 0.6) is 0 Å². The molecule has 11 heteroatoms. The molecule has 0 aromatic heterocycles. The van der Waals surface area contributed by atoms with Crippen LogP contribution in [0.3, 0.4) is 0 Å². The molecule has 0 bridgehead atoms. The molecule has 1 fully saturated rings. The molecule has 8 atom stereocenters. The van der Waals surface area contributed by atoms with E-state index in [9.17, 15) is 35.1 Å². The second-order valence-corrected chi connectivity index (χ2v) is 24.6. The van der Waals surface area contributed by atoms with Crippen LogP contribution in [0.1, 0.15) is 310 Å². The third-order valence-electron chi connectivity index (χ3n) is 16.5. The molecule has 6 N–H and O–H groups in total. The molecule has 87 heavy (non-hydrogen) atoms. The van der Waals surface area contributed by atoms with E-state index in [1.807, 2.05) is 6.08 Å². The number of carbonyl (C=O) groups is 2. The van der Waals surface area contributed by atoms with Gasteiger partial charge in [-0.15, -0.1) is 0 Å². The Hall–Kier alpha value is -3.42. The molecule has 1 saturated heterocycles. The normalized spacial score (nSPS) is 18.8. The monoisotopic (exact) mass is 1220 g/mol. The zero-order valence-corrected chi connectivity index (χ0v) is 55.9. The molecular formula is C76H133NO10. The highest BCUT2D eigenvalue weighted by Gasteiger charge is 2.47. The summed E-state index contributed by atoms with van der Waals surface area (Å²) in [5.74, 6) is -1.22. The van der Waals surface area contributed by atoms with E-state index in [2.05, 4.69) is 111 Å². The zero-order valence-electron chi connectivity index (χ0n) is 55.9. The predicted octanol–water partition coefficient (Wildman–Crippen LogP) is 18.6. The Morgan fingerprint density at radius 2 is 0.828 bits per heavy atom. The van der Waals surface area contributed by atoms with E-state index in [-0.39, 0.29) is 19.4 Å². The van der Waals surface area contributed by atoms with Gasteiger partial charge in [0.15, 0.2) is 12.4 Å². The molecule has 1 aliphatic rings. The van der Waals surface area contributed by atoms with Gasteiger partial charge in [-0.05, 0) is 103 Å². The largest absolute Gasteiger partial charge is 0.454 e. The Morgan fingerprint density at radius 3 is 1.25 bits per heavy atom. The van der Waals surface area contributed by atoms with Gasteiger partial charge in [0, 0.05) is 6.42 Å². The molecule has 0 aromatic carbocycles. The zero-order chi connectivity index (χ0) is 63.1. The molecule has 1 aliphatic heterocycles. The van der Waals surface area contributed by atoms with Crippen molar-refractivity contribution >= 4 is 11.9 Å². The molecule has 8 unspecified atom stereocenters. The van der Waals surface area contributed by atoms with Crippen LogP contribution in [-0.4, -0.2) is 99.6 Å². The van der Waals surface area contributed by atoms with Crippen molar-refractivity contribution in [2.24, 2.45) is 0 Å². The Kier molecular flexibility index (Phi) is 58.9. The van der Waals surface area contributed by atoms with E-state index in [0.29, 0.717) is 12.8 Å². The number of rotatable bonds is 61. The summed E-state index contributed by atoms with van der Waals surface area (Å²) in [6.07, 6.45) is 74.5. The quantitative estimate of drug-likeness (QED) is 0.0195. The third kappa shape index (κ3) is 50.0. The number of allylic oxidation sites excluding steroid dienone is 15. The molecule has 1 amide bonds. The number of nitrogens with one attached hydrogen (secondary N) is 1. The fourth-order valence-electron chi connectivity index (χ4n) is 10.8. The maximum Gasteiger partial charge on any atom is 0.306 e. The maximum atomic E-state index is 13.5. The fourth-order valence-corrected chi connectivity index (χ4v) is 10.8. The van der Waals surface area contributed by atoms with E-state index in [0.717, 1.165) is 103 Å². The average molecular weight is 1220 g/mol. The molecule has 0 radical (unpaired) electrons. The van der Waals surface area contributed by atoms with Crippen LogP contribution in [-0.2, 0) is 23.8 Å². The minimum atomic E-state index is -1.63. The number of aliphatic hydroxyl groups is 5. The fraction of sp³-hybridized carbons (Fsp3) is 0.763. The summed E-state index contributed by atoms with van der Waals surface area (Å²) in [6, 6.07) is -1.03. The molecule has 0 saturated carbocycles. The number of aliphatic hydroxyl groups excluding tert-OH is 5. The van der Waals surface area contributed by atoms with Gasteiger partial charge >= 0.3 is 5.97 Å². The second kappa shape index (κ2) is 62.8. The molecule has 11 nitrogen and oxygen atoms in total. The first-order valence-corrected chi connectivity index (χ1v) is 36.0.